The van der Waals surface area contributed by atoms with Gasteiger partial charge in [-0.2, -0.15) is 9.97 Å². The number of fused-ring (bicyclic) bond motifs is 1. The molecule has 4 N–H and O–H groups in total. The topological polar surface area (TPSA) is 75.9 Å². The number of nitrogens with zero attached hydrogens (tertiary/aromatic N) is 2. The lowest BCUT2D eigenvalue weighted by molar-refractivity contribution is 1.20. The summed E-state index contributed by atoms with van der Waals surface area (Å²) in [5, 5.41) is 6.29. The molecule has 72 valence electrons. The number of nitrogen functional groups attached to an aromatic ring is 1. The molecule has 2 rings (SSSR count). The highest BCUT2D eigenvalue weighted by atomic mass is 35.5. The second-order valence-corrected chi connectivity index (χ2v) is 2.48. The highest BCUT2D eigenvalue weighted by Crippen LogP contribution is 2.30. The molecule has 0 fully saturated rings. The molecule has 5 nitrogen and oxygen atoms in total. The van der Waals surface area contributed by atoms with Gasteiger partial charge >= 0.3 is 0 Å². The third-order valence-corrected chi connectivity index (χ3v) is 1.68. The Morgan fingerprint density at radius 1 is 1.31 bits per heavy atom. The van der Waals surface area contributed by atoms with Gasteiger partial charge in [0.2, 0.25) is 5.95 Å². The Hall–Kier alpha value is -1.23. The SMILES string of the molecule is CC.Nc1nc(Cl)c2c(n1)NCN2. The number of hydrogen-bond acceptors (Lipinski definition) is 5. The van der Waals surface area contributed by atoms with Crippen LogP contribution in [0.2, 0.25) is 5.15 Å². The second kappa shape index (κ2) is 4.13. The van der Waals surface area contributed by atoms with E-state index >= 15 is 0 Å². The van der Waals surface area contributed by atoms with Gasteiger partial charge in [0.15, 0.2) is 11.0 Å². The van der Waals surface area contributed by atoms with Gasteiger partial charge in [0, 0.05) is 0 Å². The summed E-state index contributed by atoms with van der Waals surface area (Å²) in [4.78, 5) is 7.70. The summed E-state index contributed by atoms with van der Waals surface area (Å²) in [5.74, 6) is 0.854. The van der Waals surface area contributed by atoms with Gasteiger partial charge in [0.1, 0.15) is 5.69 Å². The number of anilines is 3. The van der Waals surface area contributed by atoms with Crippen molar-refractivity contribution in [3.63, 3.8) is 0 Å². The van der Waals surface area contributed by atoms with Crippen LogP contribution in [-0.2, 0) is 0 Å². The molecule has 6 heteroatoms. The first-order valence-corrected chi connectivity index (χ1v) is 4.46. The molecule has 0 radical (unpaired) electrons. The van der Waals surface area contributed by atoms with Crippen molar-refractivity contribution in [2.75, 3.05) is 23.0 Å². The monoisotopic (exact) mass is 201 g/mol. The zero-order chi connectivity index (χ0) is 9.84. The van der Waals surface area contributed by atoms with Crippen molar-refractivity contribution in [1.29, 1.82) is 0 Å². The molecule has 0 aliphatic carbocycles. The predicted molar refractivity (Wildman–Crippen MR) is 54.9 cm³/mol. The van der Waals surface area contributed by atoms with Gasteiger partial charge in [-0.3, -0.25) is 0 Å². The Morgan fingerprint density at radius 2 is 2.00 bits per heavy atom. The van der Waals surface area contributed by atoms with Gasteiger partial charge in [0.05, 0.1) is 6.67 Å². The van der Waals surface area contributed by atoms with Crippen LogP contribution in [0.25, 0.3) is 0 Å². The van der Waals surface area contributed by atoms with Crippen LogP contribution in [0.15, 0.2) is 0 Å². The summed E-state index contributed by atoms with van der Waals surface area (Å²) in [6.07, 6.45) is 0. The molecule has 0 atom stereocenters. The molecular weight excluding hydrogens is 190 g/mol. The van der Waals surface area contributed by atoms with E-state index in [1.807, 2.05) is 13.8 Å². The van der Waals surface area contributed by atoms with Crippen LogP contribution in [0, 0.1) is 0 Å². The quantitative estimate of drug-likeness (QED) is 0.555. The zero-order valence-corrected chi connectivity index (χ0v) is 8.31. The Morgan fingerprint density at radius 3 is 2.69 bits per heavy atom. The van der Waals surface area contributed by atoms with Crippen LogP contribution in [0.4, 0.5) is 17.5 Å². The zero-order valence-electron chi connectivity index (χ0n) is 7.56. The van der Waals surface area contributed by atoms with E-state index in [9.17, 15) is 0 Å². The largest absolute Gasteiger partial charge is 0.368 e. The first-order valence-electron chi connectivity index (χ1n) is 4.08. The third kappa shape index (κ3) is 1.92. The number of halogens is 1. The molecule has 0 aromatic carbocycles. The minimum absolute atomic E-state index is 0.185. The van der Waals surface area contributed by atoms with Gasteiger partial charge < -0.3 is 16.4 Å². The average molecular weight is 202 g/mol. The lowest BCUT2D eigenvalue weighted by Gasteiger charge is -1.99. The maximum Gasteiger partial charge on any atom is 0.223 e. The van der Waals surface area contributed by atoms with Crippen molar-refractivity contribution in [3.8, 4) is 0 Å². The molecule has 0 saturated heterocycles. The number of aromatic nitrogens is 2. The fourth-order valence-corrected chi connectivity index (χ4v) is 1.19. The van der Waals surface area contributed by atoms with Gasteiger partial charge in [-0.1, -0.05) is 25.4 Å². The van der Waals surface area contributed by atoms with E-state index in [2.05, 4.69) is 20.6 Å². The van der Waals surface area contributed by atoms with Gasteiger partial charge in [-0.15, -0.1) is 0 Å². The van der Waals surface area contributed by atoms with Crippen LogP contribution in [-0.4, -0.2) is 16.6 Å². The van der Waals surface area contributed by atoms with Gasteiger partial charge in [-0.05, 0) is 0 Å². The fraction of sp³-hybridized carbons (Fsp3) is 0.429. The van der Waals surface area contributed by atoms with E-state index < -0.39 is 0 Å². The van der Waals surface area contributed by atoms with E-state index in [1.54, 1.807) is 0 Å². The summed E-state index contributed by atoms with van der Waals surface area (Å²) in [7, 11) is 0. The molecule has 0 amide bonds. The molecule has 1 aliphatic rings. The Balaban J connectivity index is 0.000000396. The smallest absolute Gasteiger partial charge is 0.223 e. The summed E-state index contributed by atoms with van der Waals surface area (Å²) < 4.78 is 0. The lowest BCUT2D eigenvalue weighted by atomic mass is 10.5. The van der Waals surface area contributed by atoms with E-state index in [-0.39, 0.29) is 5.95 Å². The van der Waals surface area contributed by atoms with Crippen LogP contribution >= 0.6 is 11.6 Å². The minimum atomic E-state index is 0.185. The number of nitrogens with two attached hydrogens (primary N) is 1. The first kappa shape index (κ1) is 9.85. The fourth-order valence-electron chi connectivity index (χ4n) is 0.951. The molecule has 1 aromatic heterocycles. The second-order valence-electron chi connectivity index (χ2n) is 2.13. The molecule has 0 bridgehead atoms. The normalized spacial score (nSPS) is 11.9. The Bertz CT molecular complexity index is 301. The van der Waals surface area contributed by atoms with Crippen molar-refractivity contribution < 1.29 is 0 Å². The highest BCUT2D eigenvalue weighted by Gasteiger charge is 2.15. The molecular formula is C7H12ClN5. The number of hydrogen-bond donors (Lipinski definition) is 3. The third-order valence-electron chi connectivity index (χ3n) is 1.40. The van der Waals surface area contributed by atoms with E-state index in [0.29, 0.717) is 17.6 Å². The molecule has 1 aliphatic heterocycles. The Kier molecular flexibility index (Phi) is 3.13. The minimum Gasteiger partial charge on any atom is -0.368 e. The van der Waals surface area contributed by atoms with Crippen LogP contribution in [0.5, 0.6) is 0 Å². The summed E-state index contributed by atoms with van der Waals surface area (Å²) in [5.41, 5.74) is 6.08. The summed E-state index contributed by atoms with van der Waals surface area (Å²) >= 11 is 5.74. The van der Waals surface area contributed by atoms with Crippen molar-refractivity contribution in [3.05, 3.63) is 5.15 Å². The number of nitrogens with one attached hydrogen (secondary N) is 2. The molecule has 0 saturated carbocycles. The summed E-state index contributed by atoms with van der Waals surface area (Å²) in [6.45, 7) is 4.62. The molecule has 13 heavy (non-hydrogen) atoms. The van der Waals surface area contributed by atoms with Crippen LogP contribution in [0.3, 0.4) is 0 Å². The molecule has 1 aromatic rings. The average Bonchev–Trinajstić information content (AvgIpc) is 2.55. The number of rotatable bonds is 0. The van der Waals surface area contributed by atoms with Crippen LogP contribution < -0.4 is 16.4 Å². The van der Waals surface area contributed by atoms with Gasteiger partial charge in [0.25, 0.3) is 0 Å². The van der Waals surface area contributed by atoms with Crippen molar-refractivity contribution in [1.82, 2.24) is 9.97 Å². The van der Waals surface area contributed by atoms with E-state index in [0.717, 1.165) is 5.69 Å². The summed E-state index contributed by atoms with van der Waals surface area (Å²) in [6, 6.07) is 0. The van der Waals surface area contributed by atoms with E-state index in [1.165, 1.54) is 0 Å². The molecule has 0 spiro atoms. The van der Waals surface area contributed by atoms with Crippen molar-refractivity contribution >= 4 is 29.1 Å². The van der Waals surface area contributed by atoms with E-state index in [4.69, 9.17) is 17.3 Å². The lowest BCUT2D eigenvalue weighted by Crippen LogP contribution is -1.99. The maximum absolute atomic E-state index is 5.74. The maximum atomic E-state index is 5.74. The predicted octanol–water partition coefficient (Wildman–Crippen LogP) is 1.53. The van der Waals surface area contributed by atoms with Gasteiger partial charge in [-0.25, -0.2) is 0 Å². The van der Waals surface area contributed by atoms with Crippen LogP contribution in [0.1, 0.15) is 13.8 Å². The molecule has 0 unspecified atom stereocenters. The van der Waals surface area contributed by atoms with Crippen molar-refractivity contribution in [2.24, 2.45) is 0 Å². The first-order chi connectivity index (χ1) is 6.27. The Labute approximate surface area is 81.7 Å². The standard InChI is InChI=1S/C5H6ClN5.C2H6/c6-3-2-4(9-1-8-2)11-5(7)10-3;1-2/h8H,1H2,(H3,7,9,10,11);1-2H3. The van der Waals surface area contributed by atoms with Crippen molar-refractivity contribution in [2.45, 2.75) is 13.8 Å². The highest BCUT2D eigenvalue weighted by molar-refractivity contribution is 6.32. The molecule has 2 heterocycles.